The number of hydrogen-bond donors (Lipinski definition) is 0. The number of para-hydroxylation sites is 2. The topological polar surface area (TPSA) is 16.4 Å². The minimum absolute atomic E-state index is 0.0794. The van der Waals surface area contributed by atoms with Gasteiger partial charge in [0, 0.05) is 39.2 Å². The summed E-state index contributed by atoms with van der Waals surface area (Å²) < 4.78 is 6.54. The van der Waals surface area contributed by atoms with Crippen LogP contribution < -0.4 is 4.90 Å². The molecule has 0 bridgehead atoms. The molecule has 2 nitrogen and oxygen atoms in total. The molecule has 2 aliphatic carbocycles. The van der Waals surface area contributed by atoms with Crippen molar-refractivity contribution in [2.24, 2.45) is 0 Å². The lowest BCUT2D eigenvalue weighted by Crippen LogP contribution is -2.19. The number of anilines is 3. The van der Waals surface area contributed by atoms with Gasteiger partial charge in [-0.1, -0.05) is 161 Å². The Morgan fingerprint density at radius 2 is 1.18 bits per heavy atom. The number of nitrogens with zero attached hydrogens (tertiary/aromatic N) is 1. The molecular weight excluding hydrogens is 691 g/mol. The summed E-state index contributed by atoms with van der Waals surface area (Å²) in [5.74, 6) is 0.641. The van der Waals surface area contributed by atoms with Crippen LogP contribution in [0.25, 0.3) is 66.1 Å². The van der Waals surface area contributed by atoms with Gasteiger partial charge in [-0.25, -0.2) is 0 Å². The Kier molecular flexibility index (Phi) is 7.96. The maximum absolute atomic E-state index is 6.54. The van der Waals surface area contributed by atoms with Gasteiger partial charge in [0.25, 0.3) is 0 Å². The van der Waals surface area contributed by atoms with Gasteiger partial charge in [0.15, 0.2) is 0 Å². The van der Waals surface area contributed by atoms with Crippen LogP contribution in [0.2, 0.25) is 0 Å². The van der Waals surface area contributed by atoms with Gasteiger partial charge in [0.2, 0.25) is 0 Å². The minimum atomic E-state index is -0.0794. The first-order valence-corrected chi connectivity index (χ1v) is 20.7. The molecule has 2 heteroatoms. The van der Waals surface area contributed by atoms with E-state index in [2.05, 4.69) is 183 Å². The zero-order valence-electron chi connectivity index (χ0n) is 32.6. The monoisotopic (exact) mass is 735 g/mol. The number of rotatable bonds is 6. The van der Waals surface area contributed by atoms with Crippen LogP contribution >= 0.6 is 0 Å². The van der Waals surface area contributed by atoms with Crippen LogP contribution in [0.15, 0.2) is 174 Å². The molecule has 276 valence electrons. The van der Waals surface area contributed by atoms with Crippen LogP contribution in [0.5, 0.6) is 0 Å². The second-order valence-electron chi connectivity index (χ2n) is 16.7. The van der Waals surface area contributed by atoms with E-state index in [1.165, 1.54) is 87.4 Å². The van der Waals surface area contributed by atoms with E-state index in [-0.39, 0.29) is 5.41 Å². The highest BCUT2D eigenvalue weighted by atomic mass is 16.3. The third-order valence-electron chi connectivity index (χ3n) is 13.0. The van der Waals surface area contributed by atoms with Crippen LogP contribution in [0.4, 0.5) is 17.1 Å². The van der Waals surface area contributed by atoms with Crippen LogP contribution in [0.1, 0.15) is 68.6 Å². The van der Waals surface area contributed by atoms with Crippen molar-refractivity contribution in [2.75, 3.05) is 4.90 Å². The second kappa shape index (κ2) is 13.4. The Bertz CT molecular complexity index is 2970. The van der Waals surface area contributed by atoms with Gasteiger partial charge >= 0.3 is 0 Å². The van der Waals surface area contributed by atoms with Gasteiger partial charge in [-0.2, -0.15) is 0 Å². The van der Waals surface area contributed by atoms with E-state index in [9.17, 15) is 0 Å². The van der Waals surface area contributed by atoms with Crippen LogP contribution in [-0.2, 0) is 5.41 Å². The molecule has 8 aromatic carbocycles. The first kappa shape index (κ1) is 33.9. The summed E-state index contributed by atoms with van der Waals surface area (Å²) in [5.41, 5.74) is 17.1. The molecule has 9 aromatic rings. The summed E-state index contributed by atoms with van der Waals surface area (Å²) in [7, 11) is 0. The summed E-state index contributed by atoms with van der Waals surface area (Å²) in [6.07, 6.45) is 6.62. The van der Waals surface area contributed by atoms with Crippen molar-refractivity contribution in [1.82, 2.24) is 0 Å². The largest absolute Gasteiger partial charge is 0.456 e. The summed E-state index contributed by atoms with van der Waals surface area (Å²) in [6, 6.07) is 62.6. The highest BCUT2D eigenvalue weighted by molar-refractivity contribution is 6.10. The predicted molar refractivity (Wildman–Crippen MR) is 240 cm³/mol. The second-order valence-corrected chi connectivity index (χ2v) is 16.7. The van der Waals surface area contributed by atoms with E-state index < -0.39 is 0 Å². The summed E-state index contributed by atoms with van der Waals surface area (Å²) in [5, 5.41) is 4.75. The molecule has 1 saturated carbocycles. The van der Waals surface area contributed by atoms with Crippen molar-refractivity contribution in [3.63, 3.8) is 0 Å². The molecule has 0 saturated heterocycles. The number of furan rings is 1. The Balaban J connectivity index is 1.15. The molecule has 0 amide bonds. The number of benzene rings is 8. The van der Waals surface area contributed by atoms with E-state index in [4.69, 9.17) is 4.42 Å². The zero-order valence-corrected chi connectivity index (χ0v) is 32.6. The fourth-order valence-corrected chi connectivity index (χ4v) is 10.4. The molecule has 0 atom stereocenters. The third kappa shape index (κ3) is 5.46. The molecule has 2 aliphatic rings. The van der Waals surface area contributed by atoms with Gasteiger partial charge in [-0.3, -0.25) is 0 Å². The fourth-order valence-electron chi connectivity index (χ4n) is 10.4. The zero-order chi connectivity index (χ0) is 38.1. The third-order valence-corrected chi connectivity index (χ3v) is 13.0. The highest BCUT2D eigenvalue weighted by Gasteiger charge is 2.39. The minimum Gasteiger partial charge on any atom is -0.456 e. The molecule has 0 unspecified atom stereocenters. The lowest BCUT2D eigenvalue weighted by Gasteiger charge is -2.30. The van der Waals surface area contributed by atoms with E-state index in [0.29, 0.717) is 5.92 Å². The molecule has 1 fully saturated rings. The lowest BCUT2D eigenvalue weighted by atomic mass is 9.74. The molecule has 1 heterocycles. The van der Waals surface area contributed by atoms with E-state index >= 15 is 0 Å². The Hall–Kier alpha value is -6.38. The Labute approximate surface area is 335 Å². The number of hydrogen-bond acceptors (Lipinski definition) is 2. The Morgan fingerprint density at radius 1 is 0.509 bits per heavy atom. The average Bonchev–Trinajstić information content (AvgIpc) is 3.75. The van der Waals surface area contributed by atoms with Crippen molar-refractivity contribution >= 4 is 49.8 Å². The van der Waals surface area contributed by atoms with Crippen molar-refractivity contribution in [3.05, 3.63) is 187 Å². The van der Waals surface area contributed by atoms with Crippen molar-refractivity contribution in [2.45, 2.75) is 57.3 Å². The molecule has 1 aromatic heterocycles. The van der Waals surface area contributed by atoms with Gasteiger partial charge in [-0.05, 0) is 110 Å². The van der Waals surface area contributed by atoms with E-state index in [1.807, 2.05) is 6.07 Å². The highest BCUT2D eigenvalue weighted by Crippen LogP contribution is 2.55. The van der Waals surface area contributed by atoms with Gasteiger partial charge in [-0.15, -0.1) is 0 Å². The summed E-state index contributed by atoms with van der Waals surface area (Å²) in [6.45, 7) is 4.88. The van der Waals surface area contributed by atoms with Crippen LogP contribution in [0, 0.1) is 0 Å². The van der Waals surface area contributed by atoms with Crippen molar-refractivity contribution in [3.8, 4) is 33.4 Å². The normalized spacial score (nSPS) is 14.9. The Morgan fingerprint density at radius 3 is 2.04 bits per heavy atom. The average molecular weight is 736 g/mol. The number of fused-ring (bicyclic) bond motifs is 7. The van der Waals surface area contributed by atoms with Crippen LogP contribution in [-0.4, -0.2) is 0 Å². The van der Waals surface area contributed by atoms with E-state index in [0.717, 1.165) is 39.0 Å². The maximum Gasteiger partial charge on any atom is 0.137 e. The summed E-state index contributed by atoms with van der Waals surface area (Å²) >= 11 is 0. The molecule has 0 aliphatic heterocycles. The molecule has 0 radical (unpaired) electrons. The first-order chi connectivity index (χ1) is 28.0. The van der Waals surface area contributed by atoms with Crippen molar-refractivity contribution in [1.29, 1.82) is 0 Å². The van der Waals surface area contributed by atoms with Gasteiger partial charge < -0.3 is 9.32 Å². The van der Waals surface area contributed by atoms with Gasteiger partial charge in [0.1, 0.15) is 11.2 Å². The van der Waals surface area contributed by atoms with E-state index in [1.54, 1.807) is 5.56 Å². The van der Waals surface area contributed by atoms with Crippen LogP contribution in [0.3, 0.4) is 0 Å². The maximum atomic E-state index is 6.54. The smallest absolute Gasteiger partial charge is 0.137 e. The van der Waals surface area contributed by atoms with Gasteiger partial charge in [0.05, 0.1) is 5.69 Å². The van der Waals surface area contributed by atoms with Crippen molar-refractivity contribution < 1.29 is 4.42 Å². The first-order valence-electron chi connectivity index (χ1n) is 20.7. The standard InChI is InChI=1S/C55H45NO/c1-55(2)49-33-31-39(34-48(49)47-27-15-25-42(54(47)55)37-18-7-4-8-19-37)56(40-30-32-45-44-23-10-12-29-51(44)57-52(45)35-40)50-28-11-9-22-43(50)46-26-14-21-38-20-13-24-41(53(38)46)36-16-5-3-6-17-36/h3,5-6,9-17,20-35,37H,4,7-8,18-19H2,1-2H3. The quantitative estimate of drug-likeness (QED) is 0.169. The molecule has 0 N–H and O–H groups in total. The summed E-state index contributed by atoms with van der Waals surface area (Å²) in [4.78, 5) is 2.46. The molecule has 0 spiro atoms. The SMILES string of the molecule is CC1(C)c2ccc(N(c3ccc4c(c3)oc3ccccc34)c3ccccc3-c3cccc4cccc(-c5ccccc5)c34)cc2-c2cccc(C3CCCCC3)c21. The fraction of sp³-hybridized carbons (Fsp3) is 0.164. The molecule has 57 heavy (non-hydrogen) atoms. The predicted octanol–water partition coefficient (Wildman–Crippen LogP) is 15.9. The molecular formula is C55H45NO. The molecule has 11 rings (SSSR count). The lowest BCUT2D eigenvalue weighted by molar-refractivity contribution is 0.438.